The van der Waals surface area contributed by atoms with Gasteiger partial charge in [0.25, 0.3) is 0 Å². The number of piperidine rings is 1. The zero-order chi connectivity index (χ0) is 15.2. The van der Waals surface area contributed by atoms with E-state index >= 15 is 0 Å². The third kappa shape index (κ3) is 5.54. The van der Waals surface area contributed by atoms with Gasteiger partial charge in [0.05, 0.1) is 17.3 Å². The maximum atomic E-state index is 12.5. The Hall–Kier alpha value is -0.970. The number of para-hydroxylation sites is 2. The van der Waals surface area contributed by atoms with Crippen LogP contribution < -0.4 is 15.5 Å². The van der Waals surface area contributed by atoms with Gasteiger partial charge in [-0.05, 0) is 44.4 Å². The van der Waals surface area contributed by atoms with Crippen LogP contribution in [0.15, 0.2) is 24.3 Å². The van der Waals surface area contributed by atoms with Gasteiger partial charge in [0, 0.05) is 19.6 Å². The zero-order valence-corrected chi connectivity index (χ0v) is 15.8. The molecule has 0 aliphatic carbocycles. The molecule has 0 bridgehead atoms. The van der Waals surface area contributed by atoms with E-state index in [9.17, 15) is 4.79 Å². The first-order valence-corrected chi connectivity index (χ1v) is 8.70. The quantitative estimate of drug-likeness (QED) is 0.845. The van der Waals surface area contributed by atoms with Crippen LogP contribution in [0.1, 0.15) is 38.5 Å². The molecular weight excluding hydrogens is 345 g/mol. The summed E-state index contributed by atoms with van der Waals surface area (Å²) in [6.45, 7) is 4.03. The molecule has 0 spiro atoms. The Morgan fingerprint density at radius 3 is 2.42 bits per heavy atom. The van der Waals surface area contributed by atoms with Gasteiger partial charge < -0.3 is 15.5 Å². The van der Waals surface area contributed by atoms with Gasteiger partial charge in [0.15, 0.2) is 0 Å². The molecule has 0 aromatic heterocycles. The normalized spacial score (nSPS) is 21.0. The molecule has 4 nitrogen and oxygen atoms in total. The van der Waals surface area contributed by atoms with Crippen molar-refractivity contribution in [3.63, 3.8) is 0 Å². The Bertz CT molecular complexity index is 499. The molecule has 24 heavy (non-hydrogen) atoms. The maximum absolute atomic E-state index is 12.5. The number of hydrogen-bond donors (Lipinski definition) is 2. The van der Waals surface area contributed by atoms with E-state index in [2.05, 4.69) is 27.7 Å². The van der Waals surface area contributed by atoms with E-state index in [1.54, 1.807) is 0 Å². The van der Waals surface area contributed by atoms with Crippen molar-refractivity contribution in [1.82, 2.24) is 5.32 Å². The largest absolute Gasteiger partial charge is 0.370 e. The van der Waals surface area contributed by atoms with Crippen LogP contribution in [0.2, 0.25) is 0 Å². The molecule has 3 rings (SSSR count). The zero-order valence-electron chi connectivity index (χ0n) is 14.1. The van der Waals surface area contributed by atoms with E-state index in [0.717, 1.165) is 44.7 Å². The lowest BCUT2D eigenvalue weighted by molar-refractivity contribution is -0.120. The molecule has 1 aromatic carbocycles. The van der Waals surface area contributed by atoms with Crippen LogP contribution in [0.25, 0.3) is 0 Å². The van der Waals surface area contributed by atoms with E-state index in [1.165, 1.54) is 31.4 Å². The molecule has 1 aromatic rings. The molecule has 2 aliphatic rings. The van der Waals surface area contributed by atoms with Crippen LogP contribution in [0, 0.1) is 5.92 Å². The smallest absolute Gasteiger partial charge is 0.228 e. The molecule has 0 radical (unpaired) electrons. The molecule has 2 N–H and O–H groups in total. The highest BCUT2D eigenvalue weighted by atomic mass is 35.5. The van der Waals surface area contributed by atoms with E-state index in [4.69, 9.17) is 0 Å². The van der Waals surface area contributed by atoms with Crippen molar-refractivity contribution in [3.8, 4) is 0 Å². The highest BCUT2D eigenvalue weighted by Crippen LogP contribution is 2.28. The lowest BCUT2D eigenvalue weighted by Crippen LogP contribution is -2.37. The minimum atomic E-state index is 0. The summed E-state index contributed by atoms with van der Waals surface area (Å²) in [5.41, 5.74) is 2.15. The molecule has 136 valence electrons. The van der Waals surface area contributed by atoms with E-state index in [1.807, 2.05) is 12.1 Å². The summed E-state index contributed by atoms with van der Waals surface area (Å²) in [4.78, 5) is 14.9. The van der Waals surface area contributed by atoms with Crippen LogP contribution in [0.3, 0.4) is 0 Å². The second-order valence-electron chi connectivity index (χ2n) is 6.45. The third-order valence-corrected chi connectivity index (χ3v) is 4.78. The number of benzene rings is 1. The van der Waals surface area contributed by atoms with Crippen molar-refractivity contribution in [2.24, 2.45) is 5.92 Å². The van der Waals surface area contributed by atoms with E-state index in [0.29, 0.717) is 0 Å². The molecule has 6 heteroatoms. The van der Waals surface area contributed by atoms with E-state index < -0.39 is 0 Å². The molecule has 2 fully saturated rings. The number of amides is 1. The van der Waals surface area contributed by atoms with E-state index in [-0.39, 0.29) is 36.6 Å². The van der Waals surface area contributed by atoms with Crippen LogP contribution >= 0.6 is 24.8 Å². The van der Waals surface area contributed by atoms with Gasteiger partial charge in [-0.1, -0.05) is 25.0 Å². The monoisotopic (exact) mass is 373 g/mol. The molecule has 1 amide bonds. The summed E-state index contributed by atoms with van der Waals surface area (Å²) < 4.78 is 0. The van der Waals surface area contributed by atoms with Crippen LogP contribution in [0.4, 0.5) is 11.4 Å². The molecule has 2 heterocycles. The van der Waals surface area contributed by atoms with Crippen LogP contribution in [-0.2, 0) is 4.79 Å². The summed E-state index contributed by atoms with van der Waals surface area (Å²) in [6, 6.07) is 8.25. The van der Waals surface area contributed by atoms with Gasteiger partial charge in [-0.3, -0.25) is 4.79 Å². The number of rotatable bonds is 3. The minimum absolute atomic E-state index is 0. The Kier molecular flexibility index (Phi) is 9.49. The van der Waals surface area contributed by atoms with Crippen molar-refractivity contribution in [2.45, 2.75) is 38.5 Å². The first-order chi connectivity index (χ1) is 10.8. The molecular formula is C18H29Cl2N3O. The second kappa shape index (κ2) is 10.8. The molecule has 1 atom stereocenters. The number of nitrogens with zero attached hydrogens (tertiary/aromatic N) is 1. The van der Waals surface area contributed by atoms with Gasteiger partial charge in [-0.25, -0.2) is 0 Å². The van der Waals surface area contributed by atoms with Gasteiger partial charge in [-0.2, -0.15) is 0 Å². The predicted octanol–water partition coefficient (Wildman–Crippen LogP) is 3.85. The van der Waals surface area contributed by atoms with Crippen molar-refractivity contribution >= 4 is 42.1 Å². The molecule has 2 aliphatic heterocycles. The number of halogens is 2. The summed E-state index contributed by atoms with van der Waals surface area (Å²) >= 11 is 0. The third-order valence-electron chi connectivity index (χ3n) is 4.78. The standard InChI is InChI=1S/C18H27N3O.2ClH/c22-18(15-8-7-11-19-14-15)20-16-9-3-4-10-17(16)21-12-5-1-2-6-13-21;;/h3-4,9-10,15,19H,1-2,5-8,11-14H2,(H,20,22);2*1H. The number of nitrogens with one attached hydrogen (secondary N) is 2. The molecule has 2 saturated heterocycles. The summed E-state index contributed by atoms with van der Waals surface area (Å²) in [6.07, 6.45) is 7.21. The fourth-order valence-corrected chi connectivity index (χ4v) is 3.48. The van der Waals surface area contributed by atoms with Gasteiger partial charge in [0.1, 0.15) is 0 Å². The average molecular weight is 374 g/mol. The Balaban J connectivity index is 0.00000144. The Labute approximate surface area is 157 Å². The summed E-state index contributed by atoms with van der Waals surface area (Å²) in [5, 5.41) is 6.49. The Morgan fingerprint density at radius 1 is 1.04 bits per heavy atom. The number of carbonyl (C=O) groups is 1. The van der Waals surface area contributed by atoms with Crippen molar-refractivity contribution in [3.05, 3.63) is 24.3 Å². The van der Waals surface area contributed by atoms with Gasteiger partial charge in [0.2, 0.25) is 5.91 Å². The predicted molar refractivity (Wildman–Crippen MR) is 106 cm³/mol. The first-order valence-electron chi connectivity index (χ1n) is 8.70. The second-order valence-corrected chi connectivity index (χ2v) is 6.45. The van der Waals surface area contributed by atoms with Crippen molar-refractivity contribution in [2.75, 3.05) is 36.4 Å². The molecule has 1 unspecified atom stereocenters. The highest BCUT2D eigenvalue weighted by Gasteiger charge is 2.22. The van der Waals surface area contributed by atoms with Gasteiger partial charge >= 0.3 is 0 Å². The number of carbonyl (C=O) groups excluding carboxylic acids is 1. The lowest BCUT2D eigenvalue weighted by atomic mass is 9.98. The highest BCUT2D eigenvalue weighted by molar-refractivity contribution is 5.96. The van der Waals surface area contributed by atoms with Gasteiger partial charge in [-0.15, -0.1) is 24.8 Å². The maximum Gasteiger partial charge on any atom is 0.228 e. The topological polar surface area (TPSA) is 44.4 Å². The van der Waals surface area contributed by atoms with Crippen LogP contribution in [-0.4, -0.2) is 32.1 Å². The number of anilines is 2. The average Bonchev–Trinajstić information content (AvgIpc) is 2.85. The number of hydrogen-bond acceptors (Lipinski definition) is 3. The minimum Gasteiger partial charge on any atom is -0.370 e. The van der Waals surface area contributed by atoms with Crippen molar-refractivity contribution in [1.29, 1.82) is 0 Å². The fraction of sp³-hybridized carbons (Fsp3) is 0.611. The molecule has 0 saturated carbocycles. The van der Waals surface area contributed by atoms with Crippen molar-refractivity contribution < 1.29 is 4.79 Å². The lowest BCUT2D eigenvalue weighted by Gasteiger charge is -2.27. The summed E-state index contributed by atoms with van der Waals surface area (Å²) in [5.74, 6) is 0.264. The first kappa shape index (κ1) is 21.1. The Morgan fingerprint density at radius 2 is 1.75 bits per heavy atom. The SMILES string of the molecule is Cl.Cl.O=C(Nc1ccccc1N1CCCCCC1)C1CCCNC1. The summed E-state index contributed by atoms with van der Waals surface area (Å²) in [7, 11) is 0. The van der Waals surface area contributed by atoms with Crippen LogP contribution in [0.5, 0.6) is 0 Å². The fourth-order valence-electron chi connectivity index (χ4n) is 3.48.